The van der Waals surface area contributed by atoms with Crippen molar-refractivity contribution in [1.29, 1.82) is 0 Å². The molecule has 0 unspecified atom stereocenters. The standard InChI is InChI=1S/C12H13NO4/c1-16-10-4-2-3-9-8(7-17-11(9)10)5-6-13-12(14)15/h2-4,7,13H,5-6H2,1H3,(H,14,15). The van der Waals surface area contributed by atoms with Gasteiger partial charge in [-0.05, 0) is 12.5 Å². The lowest BCUT2D eigenvalue weighted by Crippen LogP contribution is -2.23. The molecular formula is C12H13NO4. The highest BCUT2D eigenvalue weighted by Crippen LogP contribution is 2.29. The zero-order valence-corrected chi connectivity index (χ0v) is 9.40. The second-order valence-corrected chi connectivity index (χ2v) is 3.58. The van der Waals surface area contributed by atoms with E-state index in [1.165, 1.54) is 0 Å². The smallest absolute Gasteiger partial charge is 0.404 e. The van der Waals surface area contributed by atoms with E-state index in [4.69, 9.17) is 14.3 Å². The normalized spacial score (nSPS) is 10.4. The molecule has 0 radical (unpaired) electrons. The molecule has 5 nitrogen and oxygen atoms in total. The number of nitrogens with one attached hydrogen (secondary N) is 1. The molecule has 0 saturated carbocycles. The molecule has 2 N–H and O–H groups in total. The third-order valence-electron chi connectivity index (χ3n) is 2.53. The Morgan fingerprint density at radius 2 is 2.35 bits per heavy atom. The van der Waals surface area contributed by atoms with Crippen LogP contribution in [-0.2, 0) is 6.42 Å². The number of rotatable bonds is 4. The molecule has 90 valence electrons. The summed E-state index contributed by atoms with van der Waals surface area (Å²) in [5.74, 6) is 0.681. The van der Waals surface area contributed by atoms with E-state index in [9.17, 15) is 4.79 Å². The maximum atomic E-state index is 10.3. The van der Waals surface area contributed by atoms with Crippen LogP contribution in [0.1, 0.15) is 5.56 Å². The number of ether oxygens (including phenoxy) is 1. The Morgan fingerprint density at radius 1 is 1.53 bits per heavy atom. The fourth-order valence-corrected chi connectivity index (χ4v) is 1.74. The average Bonchev–Trinajstić information content (AvgIpc) is 2.72. The van der Waals surface area contributed by atoms with Crippen molar-refractivity contribution in [2.24, 2.45) is 0 Å². The first-order valence-electron chi connectivity index (χ1n) is 5.22. The summed E-state index contributed by atoms with van der Waals surface area (Å²) >= 11 is 0. The van der Waals surface area contributed by atoms with Crippen LogP contribution in [0.5, 0.6) is 5.75 Å². The van der Waals surface area contributed by atoms with Crippen molar-refractivity contribution in [2.45, 2.75) is 6.42 Å². The summed E-state index contributed by atoms with van der Waals surface area (Å²) in [7, 11) is 1.59. The van der Waals surface area contributed by atoms with E-state index in [1.807, 2.05) is 18.2 Å². The molecule has 0 bridgehead atoms. The van der Waals surface area contributed by atoms with Gasteiger partial charge in [-0.25, -0.2) is 4.79 Å². The van der Waals surface area contributed by atoms with Gasteiger partial charge < -0.3 is 19.6 Å². The van der Waals surface area contributed by atoms with Gasteiger partial charge in [0.05, 0.1) is 13.4 Å². The Bertz CT molecular complexity index is 532. The van der Waals surface area contributed by atoms with Crippen molar-refractivity contribution in [3.8, 4) is 5.75 Å². The van der Waals surface area contributed by atoms with Crippen LogP contribution in [-0.4, -0.2) is 24.9 Å². The number of fused-ring (bicyclic) bond motifs is 1. The number of hydrogen-bond donors (Lipinski definition) is 2. The zero-order valence-electron chi connectivity index (χ0n) is 9.40. The molecule has 0 spiro atoms. The summed E-state index contributed by atoms with van der Waals surface area (Å²) in [5, 5.41) is 11.8. The van der Waals surface area contributed by atoms with Gasteiger partial charge in [0.25, 0.3) is 0 Å². The number of hydrogen-bond acceptors (Lipinski definition) is 3. The van der Waals surface area contributed by atoms with Crippen LogP contribution in [0.4, 0.5) is 4.79 Å². The molecule has 0 fully saturated rings. The van der Waals surface area contributed by atoms with Crippen molar-refractivity contribution in [1.82, 2.24) is 5.32 Å². The van der Waals surface area contributed by atoms with Crippen LogP contribution in [0, 0.1) is 0 Å². The number of benzene rings is 1. The Balaban J connectivity index is 2.21. The van der Waals surface area contributed by atoms with Crippen molar-refractivity contribution >= 4 is 17.1 Å². The van der Waals surface area contributed by atoms with Gasteiger partial charge in [-0.3, -0.25) is 0 Å². The van der Waals surface area contributed by atoms with E-state index in [1.54, 1.807) is 13.4 Å². The van der Waals surface area contributed by atoms with Crippen molar-refractivity contribution in [2.75, 3.05) is 13.7 Å². The Morgan fingerprint density at radius 3 is 3.06 bits per heavy atom. The summed E-state index contributed by atoms with van der Waals surface area (Å²) in [6.45, 7) is 0.362. The van der Waals surface area contributed by atoms with Crippen LogP contribution in [0.2, 0.25) is 0 Å². The fraction of sp³-hybridized carbons (Fsp3) is 0.250. The number of carbonyl (C=O) groups is 1. The Kier molecular flexibility index (Phi) is 3.18. The maximum Gasteiger partial charge on any atom is 0.404 e. The van der Waals surface area contributed by atoms with Crippen molar-refractivity contribution < 1.29 is 19.1 Å². The molecule has 0 atom stereocenters. The van der Waals surface area contributed by atoms with E-state index >= 15 is 0 Å². The fourth-order valence-electron chi connectivity index (χ4n) is 1.74. The summed E-state index contributed by atoms with van der Waals surface area (Å²) in [5.41, 5.74) is 1.66. The van der Waals surface area contributed by atoms with E-state index < -0.39 is 6.09 Å². The first-order chi connectivity index (χ1) is 8.22. The van der Waals surface area contributed by atoms with Gasteiger partial charge in [-0.1, -0.05) is 12.1 Å². The first-order valence-corrected chi connectivity index (χ1v) is 5.22. The van der Waals surface area contributed by atoms with Gasteiger partial charge in [0.1, 0.15) is 0 Å². The minimum Gasteiger partial charge on any atom is -0.493 e. The second-order valence-electron chi connectivity index (χ2n) is 3.58. The molecule has 17 heavy (non-hydrogen) atoms. The zero-order chi connectivity index (χ0) is 12.3. The molecule has 1 heterocycles. The minimum absolute atomic E-state index is 0.362. The van der Waals surface area contributed by atoms with Crippen molar-refractivity contribution in [3.63, 3.8) is 0 Å². The van der Waals surface area contributed by atoms with E-state index in [2.05, 4.69) is 5.32 Å². The van der Waals surface area contributed by atoms with Crippen LogP contribution < -0.4 is 10.1 Å². The lowest BCUT2D eigenvalue weighted by molar-refractivity contribution is 0.194. The molecule has 0 saturated heterocycles. The highest BCUT2D eigenvalue weighted by molar-refractivity contribution is 5.86. The van der Waals surface area contributed by atoms with Crippen LogP contribution in [0.25, 0.3) is 11.0 Å². The highest BCUT2D eigenvalue weighted by Gasteiger charge is 2.09. The average molecular weight is 235 g/mol. The van der Waals surface area contributed by atoms with Gasteiger partial charge in [-0.15, -0.1) is 0 Å². The number of methoxy groups -OCH3 is 1. The maximum absolute atomic E-state index is 10.3. The first kappa shape index (κ1) is 11.3. The molecule has 2 rings (SSSR count). The summed E-state index contributed by atoms with van der Waals surface area (Å²) < 4.78 is 10.6. The predicted octanol–water partition coefficient (Wildman–Crippen LogP) is 2.25. The number of para-hydroxylation sites is 1. The molecule has 1 aromatic carbocycles. The largest absolute Gasteiger partial charge is 0.493 e. The molecular weight excluding hydrogens is 222 g/mol. The summed E-state index contributed by atoms with van der Waals surface area (Å²) in [6, 6.07) is 5.63. The van der Waals surface area contributed by atoms with Gasteiger partial charge >= 0.3 is 6.09 Å². The molecule has 1 aromatic heterocycles. The second kappa shape index (κ2) is 4.78. The van der Waals surface area contributed by atoms with E-state index in [0.29, 0.717) is 24.3 Å². The van der Waals surface area contributed by atoms with Gasteiger partial charge in [0.15, 0.2) is 11.3 Å². The van der Waals surface area contributed by atoms with Crippen LogP contribution in [0.15, 0.2) is 28.9 Å². The molecule has 2 aromatic rings. The number of carboxylic acid groups (broad SMARTS) is 1. The van der Waals surface area contributed by atoms with Gasteiger partial charge in [0, 0.05) is 17.5 Å². The third kappa shape index (κ3) is 2.33. The quantitative estimate of drug-likeness (QED) is 0.852. The topological polar surface area (TPSA) is 71.7 Å². The molecule has 1 amide bonds. The third-order valence-corrected chi connectivity index (χ3v) is 2.53. The van der Waals surface area contributed by atoms with Crippen LogP contribution in [0.3, 0.4) is 0 Å². The Labute approximate surface area is 98.0 Å². The molecule has 5 heteroatoms. The molecule has 0 aliphatic rings. The lowest BCUT2D eigenvalue weighted by Gasteiger charge is -2.01. The number of amides is 1. The van der Waals surface area contributed by atoms with Crippen LogP contribution >= 0.6 is 0 Å². The highest BCUT2D eigenvalue weighted by atomic mass is 16.5. The number of furan rings is 1. The van der Waals surface area contributed by atoms with Gasteiger partial charge in [0.2, 0.25) is 0 Å². The van der Waals surface area contributed by atoms with E-state index in [0.717, 1.165) is 10.9 Å². The van der Waals surface area contributed by atoms with Gasteiger partial charge in [-0.2, -0.15) is 0 Å². The SMILES string of the molecule is COc1cccc2c(CCNC(=O)O)coc12. The summed E-state index contributed by atoms with van der Waals surface area (Å²) in [4.78, 5) is 10.3. The Hall–Kier alpha value is -2.17. The monoisotopic (exact) mass is 235 g/mol. The minimum atomic E-state index is -1.02. The lowest BCUT2D eigenvalue weighted by atomic mass is 10.1. The summed E-state index contributed by atoms with van der Waals surface area (Å²) in [6.07, 6.45) is 1.21. The predicted molar refractivity (Wildman–Crippen MR) is 62.5 cm³/mol. The van der Waals surface area contributed by atoms with E-state index in [-0.39, 0.29) is 0 Å². The molecule has 0 aliphatic carbocycles. The van der Waals surface area contributed by atoms with Crippen molar-refractivity contribution in [3.05, 3.63) is 30.0 Å². The molecule has 0 aliphatic heterocycles.